The Bertz CT molecular complexity index is 851. The number of hydrogen-bond donors (Lipinski definition) is 1. The lowest BCUT2D eigenvalue weighted by atomic mass is 10.1. The predicted octanol–water partition coefficient (Wildman–Crippen LogP) is 3.53. The summed E-state index contributed by atoms with van der Waals surface area (Å²) in [7, 11) is 0. The summed E-state index contributed by atoms with van der Waals surface area (Å²) in [6.07, 6.45) is 6.63. The van der Waals surface area contributed by atoms with Crippen LogP contribution in [0.2, 0.25) is 0 Å². The van der Waals surface area contributed by atoms with Crippen molar-refractivity contribution in [2.24, 2.45) is 0 Å². The Morgan fingerprint density at radius 2 is 1.67 bits per heavy atom. The minimum absolute atomic E-state index is 0.0715. The molecule has 6 heteroatoms. The molecule has 27 heavy (non-hydrogen) atoms. The molecule has 3 aromatic rings. The first-order valence-corrected chi connectivity index (χ1v) is 8.93. The van der Waals surface area contributed by atoms with Crippen molar-refractivity contribution in [3.05, 3.63) is 83.9 Å². The average molecular weight is 361 g/mol. The molecule has 0 saturated carbocycles. The Labute approximate surface area is 159 Å². The molecule has 138 valence electrons. The lowest BCUT2D eigenvalue weighted by Gasteiger charge is -2.26. The van der Waals surface area contributed by atoms with Gasteiger partial charge in [-0.25, -0.2) is 9.97 Å². The normalized spacial score (nSPS) is 10.6. The molecule has 6 nitrogen and oxygen atoms in total. The Hall–Kier alpha value is -3.28. The summed E-state index contributed by atoms with van der Waals surface area (Å²) in [4.78, 5) is 27.3. The third-order valence-electron chi connectivity index (χ3n) is 4.18. The fourth-order valence-corrected chi connectivity index (χ4v) is 2.65. The number of nitrogens with one attached hydrogen (secondary N) is 1. The molecule has 2 heterocycles. The molecule has 0 unspecified atom stereocenters. The van der Waals surface area contributed by atoms with Gasteiger partial charge in [-0.2, -0.15) is 0 Å². The zero-order chi connectivity index (χ0) is 19.1. The minimum Gasteiger partial charge on any atom is -0.350 e. The van der Waals surface area contributed by atoms with Crippen LogP contribution in [0.1, 0.15) is 35.3 Å². The van der Waals surface area contributed by atoms with Crippen LogP contribution in [0.3, 0.4) is 0 Å². The molecular weight excluding hydrogens is 338 g/mol. The first-order valence-electron chi connectivity index (χ1n) is 8.93. The van der Waals surface area contributed by atoms with Gasteiger partial charge in [0.2, 0.25) is 5.95 Å². The molecule has 0 fully saturated rings. The molecule has 1 N–H and O–H groups in total. The Morgan fingerprint density at radius 1 is 1.00 bits per heavy atom. The first-order chi connectivity index (χ1) is 13.1. The molecule has 1 aromatic carbocycles. The van der Waals surface area contributed by atoms with Crippen LogP contribution in [0.25, 0.3) is 0 Å². The zero-order valence-corrected chi connectivity index (χ0v) is 15.5. The van der Waals surface area contributed by atoms with Crippen LogP contribution in [-0.4, -0.2) is 31.8 Å². The van der Waals surface area contributed by atoms with Crippen LogP contribution in [0.5, 0.6) is 0 Å². The molecule has 0 bridgehead atoms. The van der Waals surface area contributed by atoms with Crippen molar-refractivity contribution in [2.45, 2.75) is 33.0 Å². The van der Waals surface area contributed by atoms with E-state index in [1.165, 1.54) is 0 Å². The van der Waals surface area contributed by atoms with E-state index in [-0.39, 0.29) is 11.9 Å². The van der Waals surface area contributed by atoms with Gasteiger partial charge in [-0.05, 0) is 37.1 Å². The van der Waals surface area contributed by atoms with Gasteiger partial charge in [-0.1, -0.05) is 30.3 Å². The number of hydrogen-bond acceptors (Lipinski definition) is 5. The molecular formula is C21H23N5O. The van der Waals surface area contributed by atoms with Gasteiger partial charge in [-0.15, -0.1) is 0 Å². The third-order valence-corrected chi connectivity index (χ3v) is 4.18. The summed E-state index contributed by atoms with van der Waals surface area (Å²) in [5.74, 6) is 0.414. The van der Waals surface area contributed by atoms with Crippen molar-refractivity contribution < 1.29 is 4.79 Å². The topological polar surface area (TPSA) is 71.0 Å². The number of rotatable bonds is 7. The fourth-order valence-electron chi connectivity index (χ4n) is 2.65. The van der Waals surface area contributed by atoms with Crippen LogP contribution in [-0.2, 0) is 13.1 Å². The molecule has 0 radical (unpaired) electrons. The summed E-state index contributed by atoms with van der Waals surface area (Å²) >= 11 is 0. The maximum Gasteiger partial charge on any atom is 0.257 e. The van der Waals surface area contributed by atoms with Crippen molar-refractivity contribution in [3.63, 3.8) is 0 Å². The highest BCUT2D eigenvalue weighted by Crippen LogP contribution is 2.13. The van der Waals surface area contributed by atoms with E-state index in [0.717, 1.165) is 11.1 Å². The number of benzene rings is 1. The Morgan fingerprint density at radius 3 is 2.30 bits per heavy atom. The second-order valence-corrected chi connectivity index (χ2v) is 6.52. The average Bonchev–Trinajstić information content (AvgIpc) is 2.72. The Kier molecular flexibility index (Phi) is 6.10. The van der Waals surface area contributed by atoms with E-state index < -0.39 is 0 Å². The van der Waals surface area contributed by atoms with Crippen LogP contribution < -0.4 is 5.32 Å². The highest BCUT2D eigenvalue weighted by atomic mass is 16.2. The lowest BCUT2D eigenvalue weighted by Crippen LogP contribution is -2.36. The van der Waals surface area contributed by atoms with E-state index in [0.29, 0.717) is 24.6 Å². The highest BCUT2D eigenvalue weighted by molar-refractivity contribution is 5.93. The molecule has 3 rings (SSSR count). The minimum atomic E-state index is -0.0745. The molecule has 0 saturated heterocycles. The summed E-state index contributed by atoms with van der Waals surface area (Å²) in [6, 6.07) is 13.9. The molecule has 0 aliphatic rings. The molecule has 0 aliphatic heterocycles. The van der Waals surface area contributed by atoms with Gasteiger partial charge in [0.15, 0.2) is 0 Å². The van der Waals surface area contributed by atoms with Gasteiger partial charge in [0.25, 0.3) is 5.91 Å². The lowest BCUT2D eigenvalue weighted by molar-refractivity contribution is 0.0689. The number of carbonyl (C=O) groups excluding carboxylic acids is 1. The summed E-state index contributed by atoms with van der Waals surface area (Å²) in [5, 5.41) is 3.14. The van der Waals surface area contributed by atoms with Gasteiger partial charge in [-0.3, -0.25) is 9.78 Å². The molecule has 1 amide bonds. The maximum absolute atomic E-state index is 12.9. The second-order valence-electron chi connectivity index (χ2n) is 6.52. The summed E-state index contributed by atoms with van der Waals surface area (Å²) in [6.45, 7) is 5.17. The summed E-state index contributed by atoms with van der Waals surface area (Å²) in [5.41, 5.74) is 2.66. The maximum atomic E-state index is 12.9. The van der Waals surface area contributed by atoms with Crippen LogP contribution in [0.15, 0.2) is 67.3 Å². The van der Waals surface area contributed by atoms with Crippen LogP contribution >= 0.6 is 0 Å². The smallest absolute Gasteiger partial charge is 0.257 e. The van der Waals surface area contributed by atoms with Crippen LogP contribution in [0, 0.1) is 0 Å². The first kappa shape index (κ1) is 18.5. The number of pyridine rings is 1. The largest absolute Gasteiger partial charge is 0.350 e. The van der Waals surface area contributed by atoms with Crippen molar-refractivity contribution in [2.75, 3.05) is 5.32 Å². The number of carbonyl (C=O) groups is 1. The second kappa shape index (κ2) is 8.89. The van der Waals surface area contributed by atoms with Crippen molar-refractivity contribution in [1.82, 2.24) is 19.9 Å². The SMILES string of the molecule is CC(C)N(Cc1ccccc1)C(=O)c1cnc(NCc2ccncc2)nc1. The van der Waals surface area contributed by atoms with Crippen LogP contribution in [0.4, 0.5) is 5.95 Å². The standard InChI is InChI=1S/C21H23N5O/c1-16(2)26(15-18-6-4-3-5-7-18)20(27)19-13-24-21(25-14-19)23-12-17-8-10-22-11-9-17/h3-11,13-14,16H,12,15H2,1-2H3,(H,23,24,25). The number of anilines is 1. The van der Waals surface area contributed by atoms with Gasteiger partial charge in [0.05, 0.1) is 5.56 Å². The van der Waals surface area contributed by atoms with E-state index in [9.17, 15) is 4.79 Å². The molecule has 0 spiro atoms. The molecule has 0 aliphatic carbocycles. The summed E-state index contributed by atoms with van der Waals surface area (Å²) < 4.78 is 0. The van der Waals surface area contributed by atoms with Crippen molar-refractivity contribution in [1.29, 1.82) is 0 Å². The number of nitrogens with zero attached hydrogens (tertiary/aromatic N) is 4. The Balaban J connectivity index is 1.66. The molecule has 2 aromatic heterocycles. The van der Waals surface area contributed by atoms with E-state index in [1.54, 1.807) is 24.8 Å². The quantitative estimate of drug-likeness (QED) is 0.697. The van der Waals surface area contributed by atoms with E-state index in [1.807, 2.05) is 61.2 Å². The molecule has 0 atom stereocenters. The van der Waals surface area contributed by atoms with Gasteiger partial charge in [0, 0.05) is 43.9 Å². The zero-order valence-electron chi connectivity index (χ0n) is 15.5. The van der Waals surface area contributed by atoms with E-state index in [2.05, 4.69) is 20.3 Å². The van der Waals surface area contributed by atoms with E-state index >= 15 is 0 Å². The van der Waals surface area contributed by atoms with Gasteiger partial charge in [0.1, 0.15) is 0 Å². The van der Waals surface area contributed by atoms with Crippen molar-refractivity contribution in [3.8, 4) is 0 Å². The van der Waals surface area contributed by atoms with Gasteiger partial charge >= 0.3 is 0 Å². The van der Waals surface area contributed by atoms with Crippen molar-refractivity contribution >= 4 is 11.9 Å². The monoisotopic (exact) mass is 361 g/mol. The highest BCUT2D eigenvalue weighted by Gasteiger charge is 2.19. The van der Waals surface area contributed by atoms with E-state index in [4.69, 9.17) is 0 Å². The third kappa shape index (κ3) is 5.10. The van der Waals surface area contributed by atoms with Gasteiger partial charge < -0.3 is 10.2 Å². The fraction of sp³-hybridized carbons (Fsp3) is 0.238. The number of amides is 1. The predicted molar refractivity (Wildman–Crippen MR) is 105 cm³/mol. The number of aromatic nitrogens is 3.